The molecule has 1 atom stereocenters. The number of rotatable bonds is 6. The molecule has 0 fully saturated rings. The van der Waals surface area contributed by atoms with Crippen LogP contribution in [0, 0.1) is 0 Å². The Bertz CT molecular complexity index is 1050. The van der Waals surface area contributed by atoms with E-state index < -0.39 is 12.1 Å². The molecule has 6 nitrogen and oxygen atoms in total. The Kier molecular flexibility index (Phi) is 5.68. The SMILES string of the molecule is CCc1ccc2oc(-c3ccc(OC)cc3)c(O[C@@H](C)C(=O)OC)c(=O)c2c1. The Hall–Kier alpha value is -3.28. The van der Waals surface area contributed by atoms with E-state index in [1.54, 1.807) is 43.5 Å². The molecule has 0 saturated carbocycles. The number of ether oxygens (including phenoxy) is 3. The van der Waals surface area contributed by atoms with Crippen molar-refractivity contribution in [1.82, 2.24) is 0 Å². The van der Waals surface area contributed by atoms with Gasteiger partial charge in [0.2, 0.25) is 11.2 Å². The average Bonchev–Trinajstić information content (AvgIpc) is 2.74. The molecule has 1 aromatic heterocycles. The summed E-state index contributed by atoms with van der Waals surface area (Å²) < 4.78 is 21.6. The Balaban J connectivity index is 2.22. The minimum Gasteiger partial charge on any atom is -0.497 e. The minimum absolute atomic E-state index is 0.0242. The van der Waals surface area contributed by atoms with E-state index >= 15 is 0 Å². The van der Waals surface area contributed by atoms with E-state index in [4.69, 9.17) is 18.6 Å². The number of benzene rings is 2. The lowest BCUT2D eigenvalue weighted by Crippen LogP contribution is -2.27. The lowest BCUT2D eigenvalue weighted by molar-refractivity contribution is -0.147. The first kappa shape index (κ1) is 19.5. The number of methoxy groups -OCH3 is 2. The second kappa shape index (κ2) is 8.17. The summed E-state index contributed by atoms with van der Waals surface area (Å²) in [4.78, 5) is 25.0. The first-order chi connectivity index (χ1) is 13.5. The van der Waals surface area contributed by atoms with Gasteiger partial charge < -0.3 is 18.6 Å². The molecule has 0 N–H and O–H groups in total. The van der Waals surface area contributed by atoms with Crippen LogP contribution in [0.15, 0.2) is 51.7 Å². The molecule has 0 aliphatic heterocycles. The van der Waals surface area contributed by atoms with Crippen molar-refractivity contribution in [2.24, 2.45) is 0 Å². The summed E-state index contributed by atoms with van der Waals surface area (Å²) in [5.74, 6) is 0.316. The van der Waals surface area contributed by atoms with Crippen molar-refractivity contribution in [2.75, 3.05) is 14.2 Å². The van der Waals surface area contributed by atoms with E-state index in [2.05, 4.69) is 0 Å². The fraction of sp³-hybridized carbons (Fsp3) is 0.273. The molecule has 2 aromatic carbocycles. The number of hydrogen-bond acceptors (Lipinski definition) is 6. The number of aryl methyl sites for hydroxylation is 1. The highest BCUT2D eigenvalue weighted by atomic mass is 16.6. The van der Waals surface area contributed by atoms with E-state index in [1.807, 2.05) is 13.0 Å². The molecule has 0 amide bonds. The quantitative estimate of drug-likeness (QED) is 0.601. The van der Waals surface area contributed by atoms with Gasteiger partial charge in [0.05, 0.1) is 19.6 Å². The van der Waals surface area contributed by atoms with Gasteiger partial charge in [-0.25, -0.2) is 4.79 Å². The standard InChI is InChI=1S/C22H22O6/c1-5-14-6-11-18-17(12-14)19(23)21(27-13(2)22(24)26-4)20(28-18)15-7-9-16(25-3)10-8-15/h6-13H,5H2,1-4H3/t13-/m0/s1. The van der Waals surface area contributed by atoms with Crippen LogP contribution in [0.2, 0.25) is 0 Å². The maximum atomic E-state index is 13.2. The summed E-state index contributed by atoms with van der Waals surface area (Å²) in [7, 11) is 2.84. The summed E-state index contributed by atoms with van der Waals surface area (Å²) in [6.07, 6.45) is -0.179. The minimum atomic E-state index is -0.961. The van der Waals surface area contributed by atoms with Gasteiger partial charge in [0, 0.05) is 5.56 Å². The number of fused-ring (bicyclic) bond motifs is 1. The predicted molar refractivity (Wildman–Crippen MR) is 106 cm³/mol. The van der Waals surface area contributed by atoms with Gasteiger partial charge in [0.15, 0.2) is 11.9 Å². The van der Waals surface area contributed by atoms with Gasteiger partial charge in [-0.1, -0.05) is 13.0 Å². The van der Waals surface area contributed by atoms with E-state index in [0.717, 1.165) is 12.0 Å². The zero-order valence-corrected chi connectivity index (χ0v) is 16.3. The van der Waals surface area contributed by atoms with Crippen LogP contribution in [-0.4, -0.2) is 26.3 Å². The first-order valence-corrected chi connectivity index (χ1v) is 8.97. The predicted octanol–water partition coefficient (Wildman–Crippen LogP) is 3.97. The molecule has 0 aliphatic carbocycles. The molecular weight excluding hydrogens is 360 g/mol. The van der Waals surface area contributed by atoms with Crippen molar-refractivity contribution in [3.63, 3.8) is 0 Å². The van der Waals surface area contributed by atoms with Crippen molar-refractivity contribution < 1.29 is 23.4 Å². The summed E-state index contributed by atoms with van der Waals surface area (Å²) in [5, 5.41) is 0.406. The van der Waals surface area contributed by atoms with Gasteiger partial charge in [-0.05, 0) is 55.3 Å². The smallest absolute Gasteiger partial charge is 0.346 e. The third kappa shape index (κ3) is 3.71. The van der Waals surface area contributed by atoms with Gasteiger partial charge in [0.25, 0.3) is 0 Å². The van der Waals surface area contributed by atoms with Crippen LogP contribution in [0.1, 0.15) is 19.4 Å². The normalized spacial score (nSPS) is 11.9. The van der Waals surface area contributed by atoms with Crippen molar-refractivity contribution in [2.45, 2.75) is 26.4 Å². The third-order valence-electron chi connectivity index (χ3n) is 4.50. The third-order valence-corrected chi connectivity index (χ3v) is 4.50. The fourth-order valence-electron chi connectivity index (χ4n) is 2.88. The first-order valence-electron chi connectivity index (χ1n) is 8.97. The Morgan fingerprint density at radius 1 is 1.11 bits per heavy atom. The second-order valence-corrected chi connectivity index (χ2v) is 6.29. The molecule has 146 valence electrons. The van der Waals surface area contributed by atoms with Crippen LogP contribution in [-0.2, 0) is 16.0 Å². The van der Waals surface area contributed by atoms with Crippen molar-refractivity contribution in [1.29, 1.82) is 0 Å². The lowest BCUT2D eigenvalue weighted by atomic mass is 10.1. The van der Waals surface area contributed by atoms with Crippen molar-refractivity contribution >= 4 is 16.9 Å². The van der Waals surface area contributed by atoms with Gasteiger partial charge >= 0.3 is 5.97 Å². The maximum Gasteiger partial charge on any atom is 0.346 e. The number of carbonyl (C=O) groups excluding carboxylic acids is 1. The van der Waals surface area contributed by atoms with Gasteiger partial charge in [0.1, 0.15) is 11.3 Å². The molecular formula is C22H22O6. The van der Waals surface area contributed by atoms with E-state index in [1.165, 1.54) is 14.0 Å². The zero-order valence-electron chi connectivity index (χ0n) is 16.3. The van der Waals surface area contributed by atoms with Crippen molar-refractivity contribution in [3.05, 3.63) is 58.3 Å². The van der Waals surface area contributed by atoms with E-state index in [0.29, 0.717) is 22.3 Å². The molecule has 1 heterocycles. The highest BCUT2D eigenvalue weighted by Gasteiger charge is 2.23. The van der Waals surface area contributed by atoms with Crippen LogP contribution in [0.5, 0.6) is 11.5 Å². The maximum absolute atomic E-state index is 13.2. The summed E-state index contributed by atoms with van der Waals surface area (Å²) in [6, 6.07) is 12.5. The molecule has 3 rings (SSSR count). The fourth-order valence-corrected chi connectivity index (χ4v) is 2.88. The summed E-state index contributed by atoms with van der Waals surface area (Å²) in [6.45, 7) is 3.53. The average molecular weight is 382 g/mol. The van der Waals surface area contributed by atoms with Crippen LogP contribution in [0.3, 0.4) is 0 Å². The molecule has 0 unspecified atom stereocenters. The van der Waals surface area contributed by atoms with Crippen LogP contribution < -0.4 is 14.9 Å². The molecule has 3 aromatic rings. The molecule has 0 bridgehead atoms. The summed E-state index contributed by atoms with van der Waals surface area (Å²) >= 11 is 0. The van der Waals surface area contributed by atoms with Gasteiger partial charge in [-0.15, -0.1) is 0 Å². The Labute approximate surface area is 162 Å². The summed E-state index contributed by atoms with van der Waals surface area (Å²) in [5.41, 5.74) is 1.75. The number of hydrogen-bond donors (Lipinski definition) is 0. The Morgan fingerprint density at radius 2 is 1.82 bits per heavy atom. The van der Waals surface area contributed by atoms with Gasteiger partial charge in [-0.3, -0.25) is 4.79 Å². The highest BCUT2D eigenvalue weighted by Crippen LogP contribution is 2.33. The molecule has 28 heavy (non-hydrogen) atoms. The number of carbonyl (C=O) groups is 1. The Morgan fingerprint density at radius 3 is 2.43 bits per heavy atom. The molecule has 0 saturated heterocycles. The van der Waals surface area contributed by atoms with E-state index in [-0.39, 0.29) is 16.9 Å². The van der Waals surface area contributed by atoms with Crippen LogP contribution in [0.25, 0.3) is 22.3 Å². The van der Waals surface area contributed by atoms with E-state index in [9.17, 15) is 9.59 Å². The van der Waals surface area contributed by atoms with Crippen LogP contribution >= 0.6 is 0 Å². The second-order valence-electron chi connectivity index (χ2n) is 6.29. The van der Waals surface area contributed by atoms with Gasteiger partial charge in [-0.2, -0.15) is 0 Å². The molecule has 0 aliphatic rings. The van der Waals surface area contributed by atoms with Crippen LogP contribution in [0.4, 0.5) is 0 Å². The zero-order chi connectivity index (χ0) is 20.3. The van der Waals surface area contributed by atoms with Crippen molar-refractivity contribution in [3.8, 4) is 22.8 Å². The lowest BCUT2D eigenvalue weighted by Gasteiger charge is -2.15. The monoisotopic (exact) mass is 382 g/mol. The molecule has 6 heteroatoms. The highest BCUT2D eigenvalue weighted by molar-refractivity contribution is 5.83. The molecule has 0 spiro atoms. The number of esters is 1. The largest absolute Gasteiger partial charge is 0.497 e. The topological polar surface area (TPSA) is 75.0 Å². The molecule has 0 radical (unpaired) electrons.